The van der Waals surface area contributed by atoms with Crippen LogP contribution >= 0.6 is 0 Å². The maximum atomic E-state index is 9.50. The summed E-state index contributed by atoms with van der Waals surface area (Å²) in [5.74, 6) is 0.363. The predicted molar refractivity (Wildman–Crippen MR) is 74.0 cm³/mol. The summed E-state index contributed by atoms with van der Waals surface area (Å²) in [6.45, 7) is 2.93. The van der Waals surface area contributed by atoms with E-state index in [1.54, 1.807) is 6.07 Å². The lowest BCUT2D eigenvalue weighted by molar-refractivity contribution is 0.474. The summed E-state index contributed by atoms with van der Waals surface area (Å²) in [5, 5.41) is 17.4. The maximum Gasteiger partial charge on any atom is 0.115 e. The van der Waals surface area contributed by atoms with Gasteiger partial charge < -0.3 is 10.4 Å². The summed E-state index contributed by atoms with van der Waals surface area (Å²) >= 11 is 0. The van der Waals surface area contributed by atoms with Gasteiger partial charge in [-0.05, 0) is 43.0 Å². The third-order valence-corrected chi connectivity index (χ3v) is 4.08. The molecule has 2 N–H and O–H groups in total. The average Bonchev–Trinajstić information content (AvgIpc) is 2.93. The van der Waals surface area contributed by atoms with Crippen molar-refractivity contribution in [3.8, 4) is 5.75 Å². The zero-order valence-corrected chi connectivity index (χ0v) is 11.3. The van der Waals surface area contributed by atoms with E-state index in [0.29, 0.717) is 11.8 Å². The van der Waals surface area contributed by atoms with E-state index in [1.165, 1.54) is 22.4 Å². The second kappa shape index (κ2) is 4.70. The van der Waals surface area contributed by atoms with Crippen molar-refractivity contribution in [1.82, 2.24) is 15.1 Å². The summed E-state index contributed by atoms with van der Waals surface area (Å²) in [6.07, 6.45) is 4.06. The van der Waals surface area contributed by atoms with Gasteiger partial charge in [0.15, 0.2) is 0 Å². The molecule has 4 heteroatoms. The Morgan fingerprint density at radius 2 is 2.32 bits per heavy atom. The summed E-state index contributed by atoms with van der Waals surface area (Å²) in [5.41, 5.74) is 5.03. The van der Waals surface area contributed by atoms with Gasteiger partial charge in [0.05, 0.1) is 6.20 Å². The smallest absolute Gasteiger partial charge is 0.115 e. The Kier molecular flexibility index (Phi) is 3.03. The zero-order valence-electron chi connectivity index (χ0n) is 11.3. The van der Waals surface area contributed by atoms with Crippen molar-refractivity contribution in [3.05, 3.63) is 46.8 Å². The van der Waals surface area contributed by atoms with E-state index in [1.807, 2.05) is 30.1 Å². The van der Waals surface area contributed by atoms with Crippen molar-refractivity contribution < 1.29 is 5.11 Å². The molecule has 0 saturated heterocycles. The summed E-state index contributed by atoms with van der Waals surface area (Å²) in [7, 11) is 1.96. The van der Waals surface area contributed by atoms with Crippen molar-refractivity contribution in [1.29, 1.82) is 0 Å². The number of aromatic hydroxyl groups is 1. The number of phenols is 1. The van der Waals surface area contributed by atoms with E-state index in [0.717, 1.165) is 19.4 Å². The molecule has 1 unspecified atom stereocenters. The molecular formula is C15H19N3O. The first-order valence-electron chi connectivity index (χ1n) is 6.68. The van der Waals surface area contributed by atoms with Crippen LogP contribution in [0.15, 0.2) is 24.4 Å². The third kappa shape index (κ3) is 2.24. The Labute approximate surface area is 113 Å². The molecule has 0 spiro atoms. The van der Waals surface area contributed by atoms with Crippen LogP contribution in [-0.4, -0.2) is 14.9 Å². The summed E-state index contributed by atoms with van der Waals surface area (Å²) in [4.78, 5) is 0. The molecule has 0 bridgehead atoms. The van der Waals surface area contributed by atoms with Crippen LogP contribution in [0.4, 0.5) is 0 Å². The fourth-order valence-corrected chi connectivity index (χ4v) is 2.77. The van der Waals surface area contributed by atoms with Gasteiger partial charge in [-0.2, -0.15) is 5.10 Å². The normalized spacial score (nSPS) is 17.7. The number of rotatable bonds is 3. The highest BCUT2D eigenvalue weighted by Gasteiger charge is 2.22. The SMILES string of the molecule is Cc1c(CNC2CCc3cc(O)ccc32)cnn1C. The minimum atomic E-state index is 0.363. The van der Waals surface area contributed by atoms with Gasteiger partial charge in [0, 0.05) is 30.9 Å². The van der Waals surface area contributed by atoms with E-state index >= 15 is 0 Å². The van der Waals surface area contributed by atoms with Gasteiger partial charge in [0.25, 0.3) is 0 Å². The van der Waals surface area contributed by atoms with E-state index in [4.69, 9.17) is 0 Å². The average molecular weight is 257 g/mol. The Bertz CT molecular complexity index is 603. The third-order valence-electron chi connectivity index (χ3n) is 4.08. The molecule has 3 rings (SSSR count). The Morgan fingerprint density at radius 1 is 1.47 bits per heavy atom. The van der Waals surface area contributed by atoms with Crippen molar-refractivity contribution in [2.45, 2.75) is 32.4 Å². The number of aromatic nitrogens is 2. The zero-order chi connectivity index (χ0) is 13.4. The molecule has 0 fully saturated rings. The highest BCUT2D eigenvalue weighted by atomic mass is 16.3. The highest BCUT2D eigenvalue weighted by molar-refractivity contribution is 5.40. The molecule has 1 atom stereocenters. The topological polar surface area (TPSA) is 50.1 Å². The number of nitrogens with zero attached hydrogens (tertiary/aromatic N) is 2. The fourth-order valence-electron chi connectivity index (χ4n) is 2.77. The Hall–Kier alpha value is -1.81. The van der Waals surface area contributed by atoms with Gasteiger partial charge >= 0.3 is 0 Å². The van der Waals surface area contributed by atoms with E-state index in [-0.39, 0.29) is 0 Å². The number of hydrogen-bond acceptors (Lipinski definition) is 3. The number of fused-ring (bicyclic) bond motifs is 1. The molecule has 1 aliphatic carbocycles. The number of benzene rings is 1. The van der Waals surface area contributed by atoms with Gasteiger partial charge in [-0.1, -0.05) is 6.07 Å². The van der Waals surface area contributed by atoms with Crippen molar-refractivity contribution in [2.75, 3.05) is 0 Å². The van der Waals surface area contributed by atoms with Crippen LogP contribution in [0.1, 0.15) is 34.8 Å². The van der Waals surface area contributed by atoms with Crippen LogP contribution in [0.2, 0.25) is 0 Å². The Balaban J connectivity index is 1.72. The maximum absolute atomic E-state index is 9.50. The van der Waals surface area contributed by atoms with Crippen LogP contribution in [0, 0.1) is 6.92 Å². The predicted octanol–water partition coefficient (Wildman–Crippen LogP) is 2.21. The second-order valence-corrected chi connectivity index (χ2v) is 5.23. The molecule has 1 aliphatic rings. The first-order valence-corrected chi connectivity index (χ1v) is 6.68. The molecule has 2 aromatic rings. The second-order valence-electron chi connectivity index (χ2n) is 5.23. The summed E-state index contributed by atoms with van der Waals surface area (Å²) in [6, 6.07) is 6.07. The molecule has 0 aliphatic heterocycles. The van der Waals surface area contributed by atoms with Crippen molar-refractivity contribution in [3.63, 3.8) is 0 Å². The van der Waals surface area contributed by atoms with Gasteiger partial charge in [-0.3, -0.25) is 4.68 Å². The molecule has 1 aromatic heterocycles. The molecule has 0 radical (unpaired) electrons. The van der Waals surface area contributed by atoms with Crippen molar-refractivity contribution in [2.24, 2.45) is 7.05 Å². The summed E-state index contributed by atoms with van der Waals surface area (Å²) < 4.78 is 1.90. The van der Waals surface area contributed by atoms with Gasteiger partial charge in [-0.15, -0.1) is 0 Å². The number of nitrogens with one attached hydrogen (secondary N) is 1. The van der Waals surface area contributed by atoms with Gasteiger partial charge in [-0.25, -0.2) is 0 Å². The fraction of sp³-hybridized carbons (Fsp3) is 0.400. The molecule has 19 heavy (non-hydrogen) atoms. The minimum Gasteiger partial charge on any atom is -0.508 e. The highest BCUT2D eigenvalue weighted by Crippen LogP contribution is 2.33. The largest absolute Gasteiger partial charge is 0.508 e. The molecule has 4 nitrogen and oxygen atoms in total. The van der Waals surface area contributed by atoms with E-state index < -0.39 is 0 Å². The van der Waals surface area contributed by atoms with Gasteiger partial charge in [0.1, 0.15) is 5.75 Å². The Morgan fingerprint density at radius 3 is 3.05 bits per heavy atom. The molecule has 0 saturated carbocycles. The van der Waals surface area contributed by atoms with E-state index in [2.05, 4.69) is 17.3 Å². The lowest BCUT2D eigenvalue weighted by Gasteiger charge is -2.14. The number of phenolic OH excluding ortho intramolecular Hbond substituents is 1. The number of hydrogen-bond donors (Lipinski definition) is 2. The lowest BCUT2D eigenvalue weighted by atomic mass is 10.1. The quantitative estimate of drug-likeness (QED) is 0.886. The van der Waals surface area contributed by atoms with Crippen molar-refractivity contribution >= 4 is 0 Å². The van der Waals surface area contributed by atoms with E-state index in [9.17, 15) is 5.11 Å². The molecule has 0 amide bonds. The molecule has 1 aromatic carbocycles. The van der Waals surface area contributed by atoms with Crippen LogP contribution in [0.25, 0.3) is 0 Å². The first-order chi connectivity index (χ1) is 9.15. The first kappa shape index (κ1) is 12.2. The standard InChI is InChI=1S/C15H19N3O/c1-10-12(9-17-18(10)2)8-16-15-6-3-11-7-13(19)4-5-14(11)15/h4-5,7,9,15-16,19H,3,6,8H2,1-2H3. The van der Waals surface area contributed by atoms with Crippen LogP contribution < -0.4 is 5.32 Å². The van der Waals surface area contributed by atoms with Crippen LogP contribution in [-0.2, 0) is 20.0 Å². The van der Waals surface area contributed by atoms with Crippen LogP contribution in [0.5, 0.6) is 5.75 Å². The minimum absolute atomic E-state index is 0.363. The lowest BCUT2D eigenvalue weighted by Crippen LogP contribution is -2.19. The van der Waals surface area contributed by atoms with Gasteiger partial charge in [0.2, 0.25) is 0 Å². The molecule has 1 heterocycles. The monoisotopic (exact) mass is 257 g/mol. The molecule has 100 valence electrons. The molecular weight excluding hydrogens is 238 g/mol. The van der Waals surface area contributed by atoms with Crippen LogP contribution in [0.3, 0.4) is 0 Å². The number of aryl methyl sites for hydroxylation is 2.